The summed E-state index contributed by atoms with van der Waals surface area (Å²) in [6.45, 7) is 5.12. The van der Waals surface area contributed by atoms with E-state index in [2.05, 4.69) is 27.7 Å². The summed E-state index contributed by atoms with van der Waals surface area (Å²) in [5.41, 5.74) is 0. The minimum absolute atomic E-state index is 0.0416. The number of carbonyl (C=O) groups is 1. The largest absolute Gasteiger partial charge is 0.460 e. The number of hydrogen-bond donors (Lipinski definition) is 0. The fraction of sp³-hybridized carbons (Fsp3) is 0.812. The summed E-state index contributed by atoms with van der Waals surface area (Å²) >= 11 is 0. The van der Waals surface area contributed by atoms with Gasteiger partial charge in [-0.05, 0) is 19.3 Å². The summed E-state index contributed by atoms with van der Waals surface area (Å²) in [5, 5.41) is 0. The standard InChI is InChI=1S/C16H32NO2/c1-5-6-7-8-9-10-11-12-13-16(18)19-15-14-17(2,3)4/h5H,1,6-15H2,2-4H3/q+1. The topological polar surface area (TPSA) is 26.3 Å². The Hall–Kier alpha value is -0.830. The predicted octanol–water partition coefficient (Wildman–Crippen LogP) is 3.54. The molecule has 0 aliphatic heterocycles. The van der Waals surface area contributed by atoms with Crippen LogP contribution >= 0.6 is 0 Å². The number of rotatable bonds is 12. The Morgan fingerprint density at radius 3 is 2.21 bits per heavy atom. The van der Waals surface area contributed by atoms with Crippen LogP contribution in [0.4, 0.5) is 0 Å². The summed E-state index contributed by atoms with van der Waals surface area (Å²) in [5.74, 6) is -0.0416. The van der Waals surface area contributed by atoms with E-state index in [-0.39, 0.29) is 5.97 Å². The molecule has 0 unspecified atom stereocenters. The third kappa shape index (κ3) is 15.1. The number of carbonyl (C=O) groups excluding carboxylic acids is 1. The molecule has 0 heterocycles. The maximum absolute atomic E-state index is 11.5. The van der Waals surface area contributed by atoms with Gasteiger partial charge in [0.25, 0.3) is 0 Å². The van der Waals surface area contributed by atoms with Crippen molar-refractivity contribution in [2.24, 2.45) is 0 Å². The summed E-state index contributed by atoms with van der Waals surface area (Å²) in [4.78, 5) is 11.5. The molecular formula is C16H32NO2+. The van der Waals surface area contributed by atoms with Crippen LogP contribution in [0, 0.1) is 0 Å². The first kappa shape index (κ1) is 18.2. The number of quaternary nitrogens is 1. The van der Waals surface area contributed by atoms with Crippen LogP contribution in [0.3, 0.4) is 0 Å². The predicted molar refractivity (Wildman–Crippen MR) is 81.0 cm³/mol. The number of ether oxygens (including phenoxy) is 1. The summed E-state index contributed by atoms with van der Waals surface area (Å²) in [7, 11) is 6.29. The van der Waals surface area contributed by atoms with E-state index in [1.165, 1.54) is 25.7 Å². The van der Waals surface area contributed by atoms with Crippen LogP contribution in [-0.2, 0) is 9.53 Å². The smallest absolute Gasteiger partial charge is 0.305 e. The lowest BCUT2D eigenvalue weighted by atomic mass is 10.1. The molecule has 0 saturated carbocycles. The minimum Gasteiger partial charge on any atom is -0.460 e. The van der Waals surface area contributed by atoms with Gasteiger partial charge in [-0.2, -0.15) is 0 Å². The molecular weight excluding hydrogens is 238 g/mol. The van der Waals surface area contributed by atoms with E-state index in [4.69, 9.17) is 4.74 Å². The van der Waals surface area contributed by atoms with Gasteiger partial charge in [0.15, 0.2) is 0 Å². The van der Waals surface area contributed by atoms with Crippen LogP contribution in [0.15, 0.2) is 12.7 Å². The SMILES string of the molecule is C=CCCCCCCCCC(=O)OCC[N+](C)(C)C. The second-order valence-corrected chi connectivity index (χ2v) is 6.18. The van der Waals surface area contributed by atoms with Gasteiger partial charge < -0.3 is 9.22 Å². The number of allylic oxidation sites excluding steroid dienone is 1. The van der Waals surface area contributed by atoms with E-state index in [1.54, 1.807) is 0 Å². The lowest BCUT2D eigenvalue weighted by molar-refractivity contribution is -0.870. The van der Waals surface area contributed by atoms with E-state index in [1.807, 2.05) is 6.08 Å². The van der Waals surface area contributed by atoms with Crippen molar-refractivity contribution in [2.45, 2.75) is 51.4 Å². The van der Waals surface area contributed by atoms with Crippen molar-refractivity contribution >= 4 is 5.97 Å². The quantitative estimate of drug-likeness (QED) is 0.235. The molecule has 0 aromatic rings. The molecule has 0 fully saturated rings. The van der Waals surface area contributed by atoms with Crippen LogP contribution < -0.4 is 0 Å². The first-order chi connectivity index (χ1) is 8.95. The zero-order valence-electron chi connectivity index (χ0n) is 13.1. The van der Waals surface area contributed by atoms with Crippen molar-refractivity contribution in [1.29, 1.82) is 0 Å². The van der Waals surface area contributed by atoms with Gasteiger partial charge in [-0.3, -0.25) is 4.79 Å². The summed E-state index contributed by atoms with van der Waals surface area (Å²) in [6, 6.07) is 0. The lowest BCUT2D eigenvalue weighted by Crippen LogP contribution is -2.37. The Kier molecular flexibility index (Phi) is 10.6. The molecule has 0 rings (SSSR count). The van der Waals surface area contributed by atoms with Crippen molar-refractivity contribution in [3.8, 4) is 0 Å². The molecule has 0 bridgehead atoms. The van der Waals surface area contributed by atoms with Crippen molar-refractivity contribution < 1.29 is 14.0 Å². The van der Waals surface area contributed by atoms with Gasteiger partial charge in [-0.15, -0.1) is 6.58 Å². The number of nitrogens with zero attached hydrogens (tertiary/aromatic N) is 1. The molecule has 3 nitrogen and oxygen atoms in total. The van der Waals surface area contributed by atoms with Gasteiger partial charge in [0.1, 0.15) is 13.2 Å². The Labute approximate surface area is 119 Å². The van der Waals surface area contributed by atoms with Gasteiger partial charge >= 0.3 is 5.97 Å². The Morgan fingerprint density at radius 2 is 1.63 bits per heavy atom. The highest BCUT2D eigenvalue weighted by molar-refractivity contribution is 5.69. The van der Waals surface area contributed by atoms with Crippen molar-refractivity contribution in [1.82, 2.24) is 0 Å². The van der Waals surface area contributed by atoms with Crippen LogP contribution in [0.1, 0.15) is 51.4 Å². The van der Waals surface area contributed by atoms with E-state index in [0.29, 0.717) is 13.0 Å². The third-order valence-corrected chi connectivity index (χ3v) is 3.06. The van der Waals surface area contributed by atoms with Gasteiger partial charge in [-0.25, -0.2) is 0 Å². The average molecular weight is 270 g/mol. The molecule has 0 aromatic carbocycles. The van der Waals surface area contributed by atoms with E-state index in [0.717, 1.165) is 30.3 Å². The first-order valence-corrected chi connectivity index (χ1v) is 7.52. The highest BCUT2D eigenvalue weighted by atomic mass is 16.5. The van der Waals surface area contributed by atoms with E-state index < -0.39 is 0 Å². The Bertz CT molecular complexity index is 244. The summed E-state index contributed by atoms with van der Waals surface area (Å²) in [6.07, 6.45) is 10.8. The minimum atomic E-state index is -0.0416. The average Bonchev–Trinajstić information content (AvgIpc) is 2.31. The first-order valence-electron chi connectivity index (χ1n) is 7.52. The van der Waals surface area contributed by atoms with E-state index >= 15 is 0 Å². The number of esters is 1. The zero-order chi connectivity index (χ0) is 14.6. The molecule has 3 heteroatoms. The van der Waals surface area contributed by atoms with Gasteiger partial charge in [0.2, 0.25) is 0 Å². The molecule has 0 aliphatic carbocycles. The molecule has 0 aliphatic rings. The number of unbranched alkanes of at least 4 members (excludes halogenated alkanes) is 6. The lowest BCUT2D eigenvalue weighted by Gasteiger charge is -2.23. The zero-order valence-corrected chi connectivity index (χ0v) is 13.1. The fourth-order valence-corrected chi connectivity index (χ4v) is 1.77. The second kappa shape index (κ2) is 11.0. The van der Waals surface area contributed by atoms with Gasteiger partial charge in [-0.1, -0.05) is 31.8 Å². The third-order valence-electron chi connectivity index (χ3n) is 3.06. The van der Waals surface area contributed by atoms with Gasteiger partial charge in [0.05, 0.1) is 21.1 Å². The maximum atomic E-state index is 11.5. The normalized spacial score (nSPS) is 11.3. The Balaban J connectivity index is 3.27. The summed E-state index contributed by atoms with van der Waals surface area (Å²) < 4.78 is 6.04. The molecule has 0 aromatic heterocycles. The van der Waals surface area contributed by atoms with Crippen LogP contribution in [0.5, 0.6) is 0 Å². The van der Waals surface area contributed by atoms with Crippen molar-refractivity contribution in [3.05, 3.63) is 12.7 Å². The molecule has 0 saturated heterocycles. The fourth-order valence-electron chi connectivity index (χ4n) is 1.77. The second-order valence-electron chi connectivity index (χ2n) is 6.18. The molecule has 0 N–H and O–H groups in total. The molecule has 112 valence electrons. The highest BCUT2D eigenvalue weighted by Gasteiger charge is 2.08. The number of hydrogen-bond acceptors (Lipinski definition) is 2. The molecule has 0 amide bonds. The van der Waals surface area contributed by atoms with Crippen molar-refractivity contribution in [2.75, 3.05) is 34.3 Å². The molecule has 0 atom stereocenters. The monoisotopic (exact) mass is 270 g/mol. The number of likely N-dealkylation sites (N-methyl/N-ethyl adjacent to an activating group) is 1. The highest BCUT2D eigenvalue weighted by Crippen LogP contribution is 2.09. The van der Waals surface area contributed by atoms with Crippen molar-refractivity contribution in [3.63, 3.8) is 0 Å². The molecule has 19 heavy (non-hydrogen) atoms. The van der Waals surface area contributed by atoms with Crippen LogP contribution in [0.2, 0.25) is 0 Å². The Morgan fingerprint density at radius 1 is 1.05 bits per heavy atom. The van der Waals surface area contributed by atoms with E-state index in [9.17, 15) is 4.79 Å². The van der Waals surface area contributed by atoms with Crippen LogP contribution in [-0.4, -0.2) is 44.7 Å². The van der Waals surface area contributed by atoms with Gasteiger partial charge in [0, 0.05) is 6.42 Å². The molecule has 0 spiro atoms. The van der Waals surface area contributed by atoms with Crippen LogP contribution in [0.25, 0.3) is 0 Å². The molecule has 0 radical (unpaired) electrons. The maximum Gasteiger partial charge on any atom is 0.305 e.